The second kappa shape index (κ2) is 6.93. The Morgan fingerprint density at radius 3 is 2.13 bits per heavy atom. The minimum atomic E-state index is -4.90. The van der Waals surface area contributed by atoms with Crippen LogP contribution in [-0.2, 0) is 25.5 Å². The molecule has 0 atom stereocenters. The lowest BCUT2D eigenvalue weighted by molar-refractivity contribution is -0.137. The third kappa shape index (κ3) is 3.57. The van der Waals surface area contributed by atoms with E-state index in [2.05, 4.69) is 4.98 Å². The molecule has 0 saturated carbocycles. The highest BCUT2D eigenvalue weighted by Gasteiger charge is 2.54. The van der Waals surface area contributed by atoms with Crippen LogP contribution in [0.2, 0.25) is 0 Å². The summed E-state index contributed by atoms with van der Waals surface area (Å²) in [7, 11) is -5.46. The average molecular weight is 462 g/mol. The van der Waals surface area contributed by atoms with Gasteiger partial charge < -0.3 is 14.3 Å². The number of hydrogen-bond acceptors (Lipinski definition) is 4. The molecule has 0 amide bonds. The average Bonchev–Trinajstić information content (AvgIpc) is 3.33. The van der Waals surface area contributed by atoms with Crippen molar-refractivity contribution in [3.8, 4) is 0 Å². The van der Waals surface area contributed by atoms with E-state index >= 15 is 0 Å². The summed E-state index contributed by atoms with van der Waals surface area (Å²) in [5.74, 6) is -1.20. The molecule has 12 heteroatoms. The van der Waals surface area contributed by atoms with Gasteiger partial charge >= 0.3 is 13.3 Å². The fraction of sp³-hybridized carbons (Fsp3) is 0.579. The Morgan fingerprint density at radius 2 is 1.61 bits per heavy atom. The van der Waals surface area contributed by atoms with Crippen LogP contribution in [0.15, 0.2) is 17.2 Å². The molecule has 0 spiro atoms. The number of aromatic nitrogens is 1. The van der Waals surface area contributed by atoms with Crippen LogP contribution in [0.3, 0.4) is 0 Å². The smallest absolute Gasteiger partial charge is 0.399 e. The topological polar surface area (TPSA) is 71.6 Å². The van der Waals surface area contributed by atoms with E-state index < -0.39 is 51.4 Å². The van der Waals surface area contributed by atoms with Gasteiger partial charge in [-0.3, -0.25) is 0 Å². The second-order valence-corrected chi connectivity index (χ2v) is 10.8. The summed E-state index contributed by atoms with van der Waals surface area (Å²) in [5.41, 5.74) is -3.93. The van der Waals surface area contributed by atoms with E-state index in [1.807, 2.05) is 0 Å². The zero-order valence-electron chi connectivity index (χ0n) is 17.6. The summed E-state index contributed by atoms with van der Waals surface area (Å²) in [6.45, 7) is 7.33. The molecular formula is C19H23BF4N2O4S. The molecule has 2 saturated heterocycles. The first-order chi connectivity index (χ1) is 14.1. The van der Waals surface area contributed by atoms with Crippen LogP contribution >= 0.6 is 0 Å². The summed E-state index contributed by atoms with van der Waals surface area (Å²) in [6, 6.07) is 1.40. The number of sulfonamides is 1. The SMILES string of the molecule is CC1(C)OB(c2c(C(F)(F)F)cc(F)c3[nH]c(S(=O)(=O)N4CCCC4)cc23)OC1(C)C. The highest BCUT2D eigenvalue weighted by molar-refractivity contribution is 7.89. The Labute approximate surface area is 178 Å². The normalized spacial score (nSPS) is 22.0. The van der Waals surface area contributed by atoms with Gasteiger partial charge in [0.1, 0.15) is 10.8 Å². The first-order valence-electron chi connectivity index (χ1n) is 9.93. The van der Waals surface area contributed by atoms with Crippen molar-refractivity contribution in [3.63, 3.8) is 0 Å². The number of halogens is 4. The molecule has 2 aromatic rings. The summed E-state index contributed by atoms with van der Waals surface area (Å²) >= 11 is 0. The summed E-state index contributed by atoms with van der Waals surface area (Å²) in [4.78, 5) is 2.48. The number of benzene rings is 1. The molecule has 0 bridgehead atoms. The monoisotopic (exact) mass is 462 g/mol. The Hall–Kier alpha value is -1.63. The highest BCUT2D eigenvalue weighted by Crippen LogP contribution is 2.40. The molecule has 170 valence electrons. The van der Waals surface area contributed by atoms with Gasteiger partial charge in [-0.15, -0.1) is 0 Å². The Balaban J connectivity index is 1.95. The maximum Gasteiger partial charge on any atom is 0.496 e. The minimum Gasteiger partial charge on any atom is -0.399 e. The minimum absolute atomic E-state index is 0.233. The molecule has 2 fully saturated rings. The summed E-state index contributed by atoms with van der Waals surface area (Å²) < 4.78 is 95.0. The maximum absolute atomic E-state index is 14.7. The number of hydrogen-bond donors (Lipinski definition) is 1. The zero-order valence-corrected chi connectivity index (χ0v) is 18.4. The van der Waals surface area contributed by atoms with E-state index in [1.54, 1.807) is 27.7 Å². The predicted molar refractivity (Wildman–Crippen MR) is 107 cm³/mol. The van der Waals surface area contributed by atoms with Gasteiger partial charge in [0.05, 0.1) is 22.3 Å². The molecule has 2 aliphatic heterocycles. The third-order valence-electron chi connectivity index (χ3n) is 6.36. The van der Waals surface area contributed by atoms with Gasteiger partial charge in [0, 0.05) is 23.9 Å². The van der Waals surface area contributed by atoms with Crippen molar-refractivity contribution in [2.75, 3.05) is 13.1 Å². The Morgan fingerprint density at radius 1 is 1.06 bits per heavy atom. The molecule has 4 rings (SSSR count). The molecule has 6 nitrogen and oxygen atoms in total. The number of H-pyrrole nitrogens is 1. The van der Waals surface area contributed by atoms with Crippen molar-refractivity contribution in [3.05, 3.63) is 23.5 Å². The number of nitrogens with one attached hydrogen (secondary N) is 1. The molecule has 0 radical (unpaired) electrons. The third-order valence-corrected chi connectivity index (χ3v) is 8.18. The van der Waals surface area contributed by atoms with Gasteiger partial charge in [-0.25, -0.2) is 12.8 Å². The van der Waals surface area contributed by atoms with Gasteiger partial charge in [-0.05, 0) is 52.7 Å². The van der Waals surface area contributed by atoms with Crippen LogP contribution in [0.1, 0.15) is 46.1 Å². The molecule has 2 aliphatic rings. The fourth-order valence-corrected chi connectivity index (χ4v) is 5.42. The van der Waals surface area contributed by atoms with E-state index in [0.717, 1.165) is 6.07 Å². The predicted octanol–water partition coefficient (Wildman–Crippen LogP) is 3.41. The van der Waals surface area contributed by atoms with Gasteiger partial charge in [-0.2, -0.15) is 17.5 Å². The van der Waals surface area contributed by atoms with Crippen LogP contribution in [0.25, 0.3) is 10.9 Å². The van der Waals surface area contributed by atoms with Crippen LogP contribution < -0.4 is 5.46 Å². The van der Waals surface area contributed by atoms with Crippen LogP contribution in [0.4, 0.5) is 17.6 Å². The number of aromatic amines is 1. The summed E-state index contributed by atoms with van der Waals surface area (Å²) in [5, 5.41) is -0.594. The summed E-state index contributed by atoms with van der Waals surface area (Å²) in [6.07, 6.45) is -3.53. The van der Waals surface area contributed by atoms with Crippen LogP contribution in [-0.4, -0.2) is 49.1 Å². The van der Waals surface area contributed by atoms with E-state index in [0.29, 0.717) is 32.0 Å². The zero-order chi connectivity index (χ0) is 23.0. The number of alkyl halides is 3. The first kappa shape index (κ1) is 22.6. The van der Waals surface area contributed by atoms with Crippen molar-refractivity contribution in [1.82, 2.24) is 9.29 Å². The Bertz CT molecular complexity index is 1120. The molecule has 0 aliphatic carbocycles. The van der Waals surface area contributed by atoms with Crippen molar-refractivity contribution in [1.29, 1.82) is 0 Å². The van der Waals surface area contributed by atoms with Crippen LogP contribution in [0, 0.1) is 5.82 Å². The largest absolute Gasteiger partial charge is 0.496 e. The maximum atomic E-state index is 14.7. The first-order valence-corrected chi connectivity index (χ1v) is 11.4. The van der Waals surface area contributed by atoms with E-state index in [4.69, 9.17) is 9.31 Å². The molecule has 0 unspecified atom stereocenters. The number of nitrogens with zero attached hydrogens (tertiary/aromatic N) is 1. The standard InChI is InChI=1S/C19H23BF4N2O4S/c1-17(2)18(3,4)30-20(29-17)15-11-9-14(31(27,28)26-7-5-6-8-26)25-16(11)13(21)10-12(15)19(22,23)24/h9-10,25H,5-8H2,1-4H3. The van der Waals surface area contributed by atoms with Crippen molar-refractivity contribution in [2.24, 2.45) is 0 Å². The quantitative estimate of drug-likeness (QED) is 0.561. The van der Waals surface area contributed by atoms with E-state index in [9.17, 15) is 26.0 Å². The van der Waals surface area contributed by atoms with Crippen molar-refractivity contribution >= 4 is 33.5 Å². The Kier molecular flexibility index (Phi) is 5.05. The van der Waals surface area contributed by atoms with Gasteiger partial charge in [-0.1, -0.05) is 0 Å². The molecule has 1 aromatic heterocycles. The fourth-order valence-electron chi connectivity index (χ4n) is 3.91. The molecule has 1 N–H and O–H groups in total. The lowest BCUT2D eigenvalue weighted by Gasteiger charge is -2.32. The second-order valence-electron chi connectivity index (χ2n) is 8.94. The highest BCUT2D eigenvalue weighted by atomic mass is 32.2. The number of rotatable bonds is 3. The van der Waals surface area contributed by atoms with Crippen molar-refractivity contribution in [2.45, 2.75) is 62.9 Å². The number of fused-ring (bicyclic) bond motifs is 1. The molecule has 31 heavy (non-hydrogen) atoms. The van der Waals surface area contributed by atoms with E-state index in [-0.39, 0.29) is 15.9 Å². The van der Waals surface area contributed by atoms with E-state index in [1.165, 1.54) is 4.31 Å². The lowest BCUT2D eigenvalue weighted by Crippen LogP contribution is -2.41. The lowest BCUT2D eigenvalue weighted by atomic mass is 9.73. The van der Waals surface area contributed by atoms with Crippen LogP contribution in [0.5, 0.6) is 0 Å². The molecule has 1 aromatic carbocycles. The molecular weight excluding hydrogens is 439 g/mol. The van der Waals surface area contributed by atoms with Crippen molar-refractivity contribution < 1.29 is 35.3 Å². The van der Waals surface area contributed by atoms with Gasteiger partial charge in [0.2, 0.25) is 0 Å². The molecule has 3 heterocycles. The van der Waals surface area contributed by atoms with Gasteiger partial charge in [0.25, 0.3) is 10.0 Å². The van der Waals surface area contributed by atoms with Gasteiger partial charge in [0.15, 0.2) is 0 Å².